The van der Waals surface area contributed by atoms with Crippen LogP contribution in [0.2, 0.25) is 0 Å². The molecule has 8 rings (SSSR count). The number of unbranched alkanes of at least 4 members (excludes halogenated alkanes) is 25. The van der Waals surface area contributed by atoms with Crippen LogP contribution in [-0.4, -0.2) is 34.7 Å². The van der Waals surface area contributed by atoms with Crippen molar-refractivity contribution in [2.45, 2.75) is 351 Å². The fraction of sp³-hybridized carbons (Fsp3) is 0.644. The van der Waals surface area contributed by atoms with Crippen molar-refractivity contribution in [3.63, 3.8) is 0 Å². The monoisotopic (exact) mass is 1400 g/mol. The first-order valence-corrected chi connectivity index (χ1v) is 44.0. The summed E-state index contributed by atoms with van der Waals surface area (Å²) in [5.74, 6) is 0.799. The van der Waals surface area contributed by atoms with Gasteiger partial charge in [0.2, 0.25) is 0 Å². The van der Waals surface area contributed by atoms with Gasteiger partial charge in [0.25, 0.3) is 11.8 Å². The van der Waals surface area contributed by atoms with Crippen molar-refractivity contribution in [3.05, 3.63) is 121 Å². The highest BCUT2D eigenvalue weighted by Gasteiger charge is 2.50. The molecule has 3 aliphatic rings. The van der Waals surface area contributed by atoms with Crippen LogP contribution in [0.25, 0.3) is 46.9 Å². The summed E-state index contributed by atoms with van der Waals surface area (Å²) >= 11 is 7.58. The van der Waals surface area contributed by atoms with Crippen LogP contribution in [0, 0.1) is 11.8 Å². The van der Waals surface area contributed by atoms with E-state index in [4.69, 9.17) is 0 Å². The van der Waals surface area contributed by atoms with E-state index in [0.29, 0.717) is 36.1 Å². The predicted molar refractivity (Wildman–Crippen MR) is 436 cm³/mol. The van der Waals surface area contributed by atoms with Crippen LogP contribution in [0.5, 0.6) is 0 Å². The number of hydrogen-bond donors (Lipinski definition) is 0. The lowest BCUT2D eigenvalue weighted by molar-refractivity contribution is -0.124. The van der Waals surface area contributed by atoms with E-state index in [2.05, 4.69) is 160 Å². The number of thiophene rings is 4. The Balaban J connectivity index is 1.29. The Hall–Kier alpha value is -4.08. The molecule has 1 aliphatic carbocycles. The summed E-state index contributed by atoms with van der Waals surface area (Å²) in [5.41, 5.74) is 13.1. The second-order valence-corrected chi connectivity index (χ2v) is 35.5. The summed E-state index contributed by atoms with van der Waals surface area (Å²) in [4.78, 5) is 47.6. The number of carbonyl (C=O) groups excluding carboxylic acids is 2. The van der Waals surface area contributed by atoms with Crippen molar-refractivity contribution in [1.82, 2.24) is 9.80 Å². The Morgan fingerprint density at radius 3 is 1.30 bits per heavy atom. The van der Waals surface area contributed by atoms with Gasteiger partial charge in [0, 0.05) is 47.8 Å². The summed E-state index contributed by atoms with van der Waals surface area (Å²) in [6, 6.07) is 21.8. The van der Waals surface area contributed by atoms with Gasteiger partial charge < -0.3 is 9.80 Å². The Morgan fingerprint density at radius 2 is 0.847 bits per heavy atom. The molecule has 540 valence electrons. The first-order chi connectivity index (χ1) is 47.7. The quantitative estimate of drug-likeness (QED) is 0.0364. The van der Waals surface area contributed by atoms with Gasteiger partial charge in [-0.3, -0.25) is 9.59 Å². The van der Waals surface area contributed by atoms with Crippen molar-refractivity contribution in [2.75, 3.05) is 13.1 Å². The van der Waals surface area contributed by atoms with Crippen molar-refractivity contribution in [2.24, 2.45) is 11.8 Å². The molecule has 0 spiro atoms. The first-order valence-electron chi connectivity index (χ1n) is 40.7. The molecule has 0 N–H and O–H groups in total. The Morgan fingerprint density at radius 1 is 0.449 bits per heavy atom. The average Bonchev–Trinajstić information content (AvgIpc) is 1.56. The molecule has 1 aromatic carbocycles. The number of hydrogen-bond acceptors (Lipinski definition) is 6. The van der Waals surface area contributed by atoms with Gasteiger partial charge in [-0.15, -0.1) is 45.3 Å². The SMILES string of the molecule is C=CC1=C(C)C(CC)(CCCCCC)c2cc(-c3sc(-c4ccc(C5=C6C(=O)N(CC(CCCCCC)CCCCCCCC)C(c7ccc(-c8cc(CCCCCC)c(C(C)(C)C)s8)s7)=C6C(=O)N5CC(CCCCCC)CCCCCCCC)s4)cc3CCCCCC)ccc21. The van der Waals surface area contributed by atoms with Gasteiger partial charge in [-0.05, 0) is 164 Å². The normalized spacial score (nSPS) is 16.3. The topological polar surface area (TPSA) is 40.6 Å². The van der Waals surface area contributed by atoms with E-state index in [9.17, 15) is 0 Å². The number of nitrogens with zero attached hydrogens (tertiary/aromatic N) is 2. The predicted octanol–water partition coefficient (Wildman–Crippen LogP) is 29.5. The maximum Gasteiger partial charge on any atom is 0.261 e. The molecule has 0 saturated heterocycles. The van der Waals surface area contributed by atoms with E-state index in [1.165, 1.54) is 280 Å². The maximum atomic E-state index is 16.6. The van der Waals surface area contributed by atoms with Crippen molar-refractivity contribution in [1.29, 1.82) is 0 Å². The third kappa shape index (κ3) is 20.4. The van der Waals surface area contributed by atoms with Gasteiger partial charge in [0.05, 0.1) is 32.3 Å². The minimum absolute atomic E-state index is 0.0163. The molecule has 3 atom stereocenters. The van der Waals surface area contributed by atoms with Crippen LogP contribution in [-0.2, 0) is 33.3 Å². The number of fused-ring (bicyclic) bond motifs is 2. The highest BCUT2D eigenvalue weighted by atomic mass is 32.1. The summed E-state index contributed by atoms with van der Waals surface area (Å²) in [6.07, 6.45) is 50.8. The van der Waals surface area contributed by atoms with Gasteiger partial charge in [-0.1, -0.05) is 299 Å². The van der Waals surface area contributed by atoms with Crippen LogP contribution in [0.3, 0.4) is 0 Å². The fourth-order valence-corrected chi connectivity index (χ4v) is 21.4. The van der Waals surface area contributed by atoms with E-state index in [1.54, 1.807) is 0 Å². The number of aryl methyl sites for hydroxylation is 2. The first kappa shape index (κ1) is 79.6. The minimum atomic E-state index is 0.0163. The summed E-state index contributed by atoms with van der Waals surface area (Å²) in [5, 5.41) is 0. The van der Waals surface area contributed by atoms with E-state index in [1.807, 2.05) is 45.3 Å². The summed E-state index contributed by atoms with van der Waals surface area (Å²) in [7, 11) is 0. The molecule has 4 nitrogen and oxygen atoms in total. The minimum Gasteiger partial charge on any atom is -0.306 e. The van der Waals surface area contributed by atoms with Gasteiger partial charge in [-0.2, -0.15) is 0 Å². The maximum absolute atomic E-state index is 16.6. The Bertz CT molecular complexity index is 3380. The van der Waals surface area contributed by atoms with E-state index in [0.717, 1.165) is 66.1 Å². The zero-order chi connectivity index (χ0) is 70.0. The molecule has 0 saturated carbocycles. The lowest BCUT2D eigenvalue weighted by atomic mass is 9.71. The zero-order valence-corrected chi connectivity index (χ0v) is 67.4. The molecule has 6 heterocycles. The number of allylic oxidation sites excluding steroid dienone is 3. The second-order valence-electron chi connectivity index (χ2n) is 31.2. The third-order valence-corrected chi connectivity index (χ3v) is 27.9. The van der Waals surface area contributed by atoms with Crippen molar-refractivity contribution >= 4 is 74.1 Å². The van der Waals surface area contributed by atoms with Crippen LogP contribution in [0.4, 0.5) is 0 Å². The van der Waals surface area contributed by atoms with E-state index in [-0.39, 0.29) is 22.6 Å². The fourth-order valence-electron chi connectivity index (χ4n) is 16.7. The van der Waals surface area contributed by atoms with Gasteiger partial charge in [-0.25, -0.2) is 0 Å². The van der Waals surface area contributed by atoms with E-state index < -0.39 is 0 Å². The molecule has 98 heavy (non-hydrogen) atoms. The summed E-state index contributed by atoms with van der Waals surface area (Å²) in [6.45, 7) is 33.8. The highest BCUT2D eigenvalue weighted by Crippen LogP contribution is 2.56. The molecule has 2 aliphatic heterocycles. The molecule has 0 fully saturated rings. The number of rotatable bonds is 50. The number of carbonyl (C=O) groups is 2. The van der Waals surface area contributed by atoms with Crippen LogP contribution < -0.4 is 0 Å². The molecule has 4 aromatic heterocycles. The molecule has 5 aromatic rings. The molecule has 0 radical (unpaired) electrons. The van der Waals surface area contributed by atoms with Crippen LogP contribution in [0.1, 0.15) is 364 Å². The molecule has 8 heteroatoms. The largest absolute Gasteiger partial charge is 0.306 e. The number of amides is 2. The lowest BCUT2D eigenvalue weighted by Crippen LogP contribution is -2.34. The molecule has 2 amide bonds. The Labute approximate surface area is 615 Å². The molecule has 3 unspecified atom stereocenters. The second kappa shape index (κ2) is 40.7. The Kier molecular flexibility index (Phi) is 33.1. The molecular formula is C90H134N2O2S4. The van der Waals surface area contributed by atoms with Crippen molar-refractivity contribution < 1.29 is 9.59 Å². The molecular weight excluding hydrogens is 1270 g/mol. The smallest absolute Gasteiger partial charge is 0.261 e. The van der Waals surface area contributed by atoms with Crippen LogP contribution in [0.15, 0.2) is 84.0 Å². The van der Waals surface area contributed by atoms with Crippen molar-refractivity contribution in [3.8, 4) is 29.9 Å². The van der Waals surface area contributed by atoms with E-state index >= 15 is 9.59 Å². The van der Waals surface area contributed by atoms with Crippen LogP contribution >= 0.6 is 45.3 Å². The highest BCUT2D eigenvalue weighted by molar-refractivity contribution is 7.24. The third-order valence-electron chi connectivity index (χ3n) is 22.5. The van der Waals surface area contributed by atoms with Gasteiger partial charge in [0.1, 0.15) is 0 Å². The summed E-state index contributed by atoms with van der Waals surface area (Å²) < 4.78 is 0. The molecule has 0 bridgehead atoms. The standard InChI is InChI=1S/C90H134N2O2S4/c1-14-23-30-37-39-43-50-67(48-41-32-25-16-3)64-91-83(77-58-56-75(95-77)79-62-69(52-45-34-27-18-5)85(97-79)70-54-55-73-72(21-8)66(10)90(22-9,74(73)61-70)60-47-36-29-20-7)81-82(88(91)94)84(92(87(81)93)65-68(49-42-33-26-17-4)51-44-40-38-31-24-15-2)78-59-57-76(96-78)80-63-71(53-46-35-28-19-6)86(98-80)89(11,12)13/h21,54-59,61-63,67-68H,8,14-20,22-53,60,64-65H2,1-7,9-13H3. The van der Waals surface area contributed by atoms with Gasteiger partial charge in [0.15, 0.2) is 0 Å². The lowest BCUT2D eigenvalue weighted by Gasteiger charge is -2.32. The average molecular weight is 1400 g/mol. The zero-order valence-electron chi connectivity index (χ0n) is 64.2. The number of benzene rings is 1. The van der Waals surface area contributed by atoms with Gasteiger partial charge >= 0.3 is 0 Å².